The Kier molecular flexibility index (Phi) is 6.13. The summed E-state index contributed by atoms with van der Waals surface area (Å²) in [6, 6.07) is 5.88. The first-order valence-corrected chi connectivity index (χ1v) is 10.1. The fraction of sp³-hybridized carbons (Fsp3) is 0.450. The molecule has 0 unspecified atom stereocenters. The number of aromatic nitrogens is 3. The van der Waals surface area contributed by atoms with E-state index >= 15 is 0 Å². The molecule has 1 N–H and O–H groups in total. The van der Waals surface area contributed by atoms with Crippen LogP contribution < -0.4 is 5.32 Å². The van der Waals surface area contributed by atoms with Crippen LogP contribution in [0.25, 0.3) is 22.3 Å². The van der Waals surface area contributed by atoms with Crippen molar-refractivity contribution in [3.63, 3.8) is 0 Å². The molecule has 0 atom stereocenters. The van der Waals surface area contributed by atoms with Crippen LogP contribution in [0.3, 0.4) is 0 Å². The van der Waals surface area contributed by atoms with E-state index in [1.54, 1.807) is 0 Å². The van der Waals surface area contributed by atoms with Gasteiger partial charge in [0.05, 0.1) is 23.8 Å². The predicted molar refractivity (Wildman–Crippen MR) is 109 cm³/mol. The Labute approximate surface area is 173 Å². The number of hydrogen-bond donors (Lipinski definition) is 1. The van der Waals surface area contributed by atoms with Gasteiger partial charge in [-0.1, -0.05) is 28.9 Å². The van der Waals surface area contributed by atoms with Gasteiger partial charge in [0.1, 0.15) is 0 Å². The first kappa shape index (κ1) is 19.9. The molecule has 1 aromatic carbocycles. The highest BCUT2D eigenvalue weighted by Gasteiger charge is 2.21. The van der Waals surface area contributed by atoms with Crippen molar-refractivity contribution in [3.05, 3.63) is 35.3 Å². The summed E-state index contributed by atoms with van der Waals surface area (Å²) in [5, 5.41) is 8.51. The molecule has 1 amide bonds. The lowest BCUT2D eigenvalue weighted by Crippen LogP contribution is -2.29. The molecule has 9 heteroatoms. The van der Waals surface area contributed by atoms with Crippen LogP contribution in [-0.4, -0.2) is 52.9 Å². The van der Waals surface area contributed by atoms with Gasteiger partial charge < -0.3 is 19.1 Å². The molecule has 1 aliphatic heterocycles. The fourth-order valence-electron chi connectivity index (χ4n) is 3.75. The first-order chi connectivity index (χ1) is 14.2. The number of nitrogens with one attached hydrogen (secondary N) is 1. The zero-order valence-electron chi connectivity index (χ0n) is 16.3. The molecular weight excluding hydrogens is 394 g/mol. The summed E-state index contributed by atoms with van der Waals surface area (Å²) < 4.78 is 13.1. The van der Waals surface area contributed by atoms with Gasteiger partial charge in [0.15, 0.2) is 0 Å². The van der Waals surface area contributed by atoms with Gasteiger partial charge in [-0.15, -0.1) is 0 Å². The second-order valence-corrected chi connectivity index (χ2v) is 7.80. The van der Waals surface area contributed by atoms with Gasteiger partial charge in [-0.05, 0) is 31.9 Å². The molecule has 0 aliphatic carbocycles. The van der Waals surface area contributed by atoms with Crippen LogP contribution >= 0.6 is 11.6 Å². The third-order valence-corrected chi connectivity index (χ3v) is 5.51. The lowest BCUT2D eigenvalue weighted by atomic mass is 10.0. The van der Waals surface area contributed by atoms with Gasteiger partial charge in [0, 0.05) is 36.9 Å². The van der Waals surface area contributed by atoms with E-state index in [1.807, 2.05) is 30.1 Å². The average Bonchev–Trinajstić information content (AvgIpc) is 3.32. The number of rotatable bonds is 8. The maximum absolute atomic E-state index is 10.4. The van der Waals surface area contributed by atoms with Gasteiger partial charge >= 0.3 is 0 Å². The second kappa shape index (κ2) is 8.94. The maximum atomic E-state index is 10.4. The molecule has 0 bridgehead atoms. The van der Waals surface area contributed by atoms with Crippen molar-refractivity contribution in [1.82, 2.24) is 24.9 Å². The highest BCUT2D eigenvalue weighted by molar-refractivity contribution is 6.35. The molecule has 0 radical (unpaired) electrons. The molecular formula is C20H24ClN5O3. The van der Waals surface area contributed by atoms with Crippen LogP contribution in [0.5, 0.6) is 0 Å². The normalized spacial score (nSPS) is 15.3. The number of nitrogens with zero attached hydrogens (tertiary/aromatic N) is 4. The van der Waals surface area contributed by atoms with Gasteiger partial charge in [0.2, 0.25) is 18.1 Å². The lowest BCUT2D eigenvalue weighted by Gasteiger charge is -2.23. The quantitative estimate of drug-likeness (QED) is 0.448. The molecule has 3 aromatic rings. The van der Waals surface area contributed by atoms with E-state index in [4.69, 9.17) is 20.9 Å². The average molecular weight is 418 g/mol. The van der Waals surface area contributed by atoms with Crippen LogP contribution in [0.1, 0.15) is 18.7 Å². The summed E-state index contributed by atoms with van der Waals surface area (Å²) in [7, 11) is 1.86. The Morgan fingerprint density at radius 2 is 2.21 bits per heavy atom. The largest absolute Gasteiger partial charge is 0.381 e. The Morgan fingerprint density at radius 1 is 1.38 bits per heavy atom. The van der Waals surface area contributed by atoms with Crippen molar-refractivity contribution in [1.29, 1.82) is 0 Å². The third kappa shape index (κ3) is 4.44. The summed E-state index contributed by atoms with van der Waals surface area (Å²) in [5.74, 6) is 1.58. The molecule has 0 saturated carbocycles. The second-order valence-electron chi connectivity index (χ2n) is 7.39. The van der Waals surface area contributed by atoms with Crippen molar-refractivity contribution in [2.75, 3.05) is 26.9 Å². The van der Waals surface area contributed by atoms with E-state index in [1.165, 1.54) is 0 Å². The van der Waals surface area contributed by atoms with E-state index in [2.05, 4.69) is 26.2 Å². The SMILES string of the molecule is CN(CNC=O)Cc1nc(-c2cn(CC3CCOCC3)c3c(Cl)cccc23)no1. The van der Waals surface area contributed by atoms with Crippen LogP contribution in [0.15, 0.2) is 28.9 Å². The van der Waals surface area contributed by atoms with E-state index in [0.717, 1.165) is 49.1 Å². The highest BCUT2D eigenvalue weighted by atomic mass is 35.5. The lowest BCUT2D eigenvalue weighted by molar-refractivity contribution is -0.110. The van der Waals surface area contributed by atoms with E-state index in [9.17, 15) is 4.79 Å². The van der Waals surface area contributed by atoms with Crippen LogP contribution in [0.4, 0.5) is 0 Å². The molecule has 8 nitrogen and oxygen atoms in total. The molecule has 154 valence electrons. The van der Waals surface area contributed by atoms with Crippen molar-refractivity contribution in [2.24, 2.45) is 5.92 Å². The number of hydrogen-bond acceptors (Lipinski definition) is 6. The highest BCUT2D eigenvalue weighted by Crippen LogP contribution is 2.34. The molecule has 3 heterocycles. The molecule has 0 spiro atoms. The Balaban J connectivity index is 1.62. The molecule has 1 fully saturated rings. The minimum atomic E-state index is 0.404. The number of para-hydroxylation sites is 1. The van der Waals surface area contributed by atoms with Crippen molar-refractivity contribution >= 4 is 28.9 Å². The smallest absolute Gasteiger partial charge is 0.241 e. The van der Waals surface area contributed by atoms with E-state index in [-0.39, 0.29) is 0 Å². The number of carbonyl (C=O) groups excluding carboxylic acids is 1. The summed E-state index contributed by atoms with van der Waals surface area (Å²) >= 11 is 6.55. The van der Waals surface area contributed by atoms with Crippen LogP contribution in [0.2, 0.25) is 5.02 Å². The van der Waals surface area contributed by atoms with Crippen LogP contribution in [-0.2, 0) is 22.6 Å². The fourth-order valence-corrected chi connectivity index (χ4v) is 4.04. The Morgan fingerprint density at radius 3 is 3.00 bits per heavy atom. The molecule has 29 heavy (non-hydrogen) atoms. The number of halogens is 1. The van der Waals surface area contributed by atoms with Crippen molar-refractivity contribution in [3.8, 4) is 11.4 Å². The monoisotopic (exact) mass is 417 g/mol. The molecule has 1 saturated heterocycles. The first-order valence-electron chi connectivity index (χ1n) is 9.69. The number of fused-ring (bicyclic) bond motifs is 1. The molecule has 2 aromatic heterocycles. The molecule has 1 aliphatic rings. The summed E-state index contributed by atoms with van der Waals surface area (Å²) in [6.07, 6.45) is 4.82. The molecule has 4 rings (SSSR count). The summed E-state index contributed by atoms with van der Waals surface area (Å²) in [5.41, 5.74) is 1.90. The van der Waals surface area contributed by atoms with Gasteiger partial charge in [0.25, 0.3) is 0 Å². The standard InChI is InChI=1S/C20H24ClN5O3/c1-25(12-22-13-27)11-18-23-20(24-29-18)16-10-26(9-14-5-7-28-8-6-14)19-15(16)3-2-4-17(19)21/h2-4,10,13-14H,5-9,11-12H2,1H3,(H,22,27). The Hall–Kier alpha value is -2.42. The van der Waals surface area contributed by atoms with Crippen molar-refractivity contribution in [2.45, 2.75) is 25.9 Å². The van der Waals surface area contributed by atoms with Crippen molar-refractivity contribution < 1.29 is 14.1 Å². The third-order valence-electron chi connectivity index (χ3n) is 5.20. The summed E-state index contributed by atoms with van der Waals surface area (Å²) in [6.45, 7) is 3.35. The maximum Gasteiger partial charge on any atom is 0.241 e. The topological polar surface area (TPSA) is 85.4 Å². The van der Waals surface area contributed by atoms with Gasteiger partial charge in [-0.2, -0.15) is 4.98 Å². The van der Waals surface area contributed by atoms with E-state index in [0.29, 0.717) is 42.3 Å². The number of amides is 1. The number of benzene rings is 1. The van der Waals surface area contributed by atoms with Gasteiger partial charge in [-0.25, -0.2) is 0 Å². The minimum absolute atomic E-state index is 0.404. The van der Waals surface area contributed by atoms with Gasteiger partial charge in [-0.3, -0.25) is 9.69 Å². The Bertz CT molecular complexity index is 980. The predicted octanol–water partition coefficient (Wildman–Crippen LogP) is 2.91. The number of ether oxygens (including phenoxy) is 1. The minimum Gasteiger partial charge on any atom is -0.381 e. The summed E-state index contributed by atoms with van der Waals surface area (Å²) in [4.78, 5) is 16.9. The zero-order chi connectivity index (χ0) is 20.2. The van der Waals surface area contributed by atoms with Crippen LogP contribution in [0, 0.1) is 5.92 Å². The van der Waals surface area contributed by atoms with E-state index < -0.39 is 0 Å². The zero-order valence-corrected chi connectivity index (χ0v) is 17.1. The number of carbonyl (C=O) groups is 1.